The molecule has 1 aliphatic carbocycles. The second-order valence-corrected chi connectivity index (χ2v) is 7.07. The minimum absolute atomic E-state index is 0.0685. The molecule has 1 fully saturated rings. The first-order valence-corrected chi connectivity index (χ1v) is 8.64. The van der Waals surface area contributed by atoms with Crippen molar-refractivity contribution in [3.8, 4) is 11.3 Å². The quantitative estimate of drug-likeness (QED) is 0.942. The monoisotopic (exact) mass is 306 g/mol. The second kappa shape index (κ2) is 5.99. The Morgan fingerprint density at radius 3 is 2.43 bits per heavy atom. The lowest BCUT2D eigenvalue weighted by Crippen LogP contribution is -2.36. The van der Waals surface area contributed by atoms with Crippen molar-refractivity contribution in [2.75, 3.05) is 0 Å². The van der Waals surface area contributed by atoms with Crippen LogP contribution in [0.25, 0.3) is 11.3 Å². The number of nitrogens with one attached hydrogen (secondary N) is 1. The summed E-state index contributed by atoms with van der Waals surface area (Å²) in [4.78, 5) is 4.33. The minimum Gasteiger partial charge on any atom is -0.451 e. The number of aromatic nitrogens is 1. The van der Waals surface area contributed by atoms with Crippen molar-refractivity contribution in [2.45, 2.75) is 43.0 Å². The molecule has 1 aliphatic rings. The van der Waals surface area contributed by atoms with Crippen LogP contribution in [0.1, 0.15) is 32.1 Å². The molecular formula is C15H18N2O3S. The molecule has 1 aromatic heterocycles. The Labute approximate surface area is 124 Å². The predicted octanol–water partition coefficient (Wildman–Crippen LogP) is 2.95. The van der Waals surface area contributed by atoms with Gasteiger partial charge in [0.15, 0.2) is 6.39 Å². The van der Waals surface area contributed by atoms with E-state index >= 15 is 0 Å². The maximum atomic E-state index is 12.4. The van der Waals surface area contributed by atoms with E-state index in [0.717, 1.165) is 31.2 Å². The summed E-state index contributed by atoms with van der Waals surface area (Å²) < 4.78 is 32.4. The van der Waals surface area contributed by atoms with E-state index in [2.05, 4.69) is 9.71 Å². The van der Waals surface area contributed by atoms with Gasteiger partial charge in [-0.2, -0.15) is 0 Å². The van der Waals surface area contributed by atoms with Gasteiger partial charge in [0.25, 0.3) is 0 Å². The van der Waals surface area contributed by atoms with Gasteiger partial charge in [-0.05, 0) is 25.0 Å². The number of sulfonamides is 1. The number of hydrogen-bond donors (Lipinski definition) is 1. The van der Waals surface area contributed by atoms with E-state index in [4.69, 9.17) is 4.42 Å². The van der Waals surface area contributed by atoms with Gasteiger partial charge in [0, 0.05) is 11.6 Å². The third-order valence-electron chi connectivity index (χ3n) is 3.82. The van der Waals surface area contributed by atoms with Crippen LogP contribution in [0, 0.1) is 0 Å². The number of nitrogens with zero attached hydrogens (tertiary/aromatic N) is 1. The molecule has 21 heavy (non-hydrogen) atoms. The maximum absolute atomic E-state index is 12.4. The first-order chi connectivity index (χ1) is 10.1. The molecule has 5 nitrogen and oxygen atoms in total. The standard InChI is InChI=1S/C15H18N2O3S/c18-21(19,17-13-4-2-1-3-5-13)14-8-6-12(7-9-14)15-10-20-11-16-15/h6-11,13,17H,1-5H2. The topological polar surface area (TPSA) is 72.2 Å². The zero-order valence-corrected chi connectivity index (χ0v) is 12.5. The van der Waals surface area contributed by atoms with Crippen LogP contribution < -0.4 is 4.72 Å². The summed E-state index contributed by atoms with van der Waals surface area (Å²) in [5.41, 5.74) is 1.53. The lowest BCUT2D eigenvalue weighted by Gasteiger charge is -2.22. The number of rotatable bonds is 4. The average molecular weight is 306 g/mol. The van der Waals surface area contributed by atoms with Crippen molar-refractivity contribution in [3.05, 3.63) is 36.9 Å². The van der Waals surface area contributed by atoms with Crippen LogP contribution in [0.15, 0.2) is 46.2 Å². The van der Waals surface area contributed by atoms with Crippen molar-refractivity contribution < 1.29 is 12.8 Å². The van der Waals surface area contributed by atoms with Gasteiger partial charge in [-0.3, -0.25) is 0 Å². The Morgan fingerprint density at radius 2 is 1.81 bits per heavy atom. The fraction of sp³-hybridized carbons (Fsp3) is 0.400. The summed E-state index contributed by atoms with van der Waals surface area (Å²) >= 11 is 0. The van der Waals surface area contributed by atoms with E-state index in [0.29, 0.717) is 10.6 Å². The molecule has 0 atom stereocenters. The third kappa shape index (κ3) is 3.33. The van der Waals surface area contributed by atoms with Crippen LogP contribution in [0.4, 0.5) is 0 Å². The minimum atomic E-state index is -3.44. The third-order valence-corrected chi connectivity index (χ3v) is 5.36. The highest BCUT2D eigenvalue weighted by Crippen LogP contribution is 2.22. The van der Waals surface area contributed by atoms with Gasteiger partial charge in [-0.1, -0.05) is 31.4 Å². The number of benzene rings is 1. The summed E-state index contributed by atoms with van der Waals surface area (Å²) in [6, 6.07) is 6.77. The molecule has 0 saturated heterocycles. The van der Waals surface area contributed by atoms with Crippen molar-refractivity contribution in [1.29, 1.82) is 0 Å². The maximum Gasteiger partial charge on any atom is 0.240 e. The summed E-state index contributed by atoms with van der Waals surface area (Å²) in [7, 11) is -3.44. The summed E-state index contributed by atoms with van der Waals surface area (Å²) in [5.74, 6) is 0. The van der Waals surface area contributed by atoms with Crippen molar-refractivity contribution in [3.63, 3.8) is 0 Å². The lowest BCUT2D eigenvalue weighted by atomic mass is 9.96. The molecule has 0 bridgehead atoms. The van der Waals surface area contributed by atoms with E-state index in [1.165, 1.54) is 19.1 Å². The van der Waals surface area contributed by atoms with Crippen LogP contribution in [0.3, 0.4) is 0 Å². The van der Waals surface area contributed by atoms with E-state index in [-0.39, 0.29) is 6.04 Å². The van der Waals surface area contributed by atoms with Gasteiger partial charge in [0.05, 0.1) is 4.90 Å². The summed E-state index contributed by atoms with van der Waals surface area (Å²) in [6.07, 6.45) is 8.13. The van der Waals surface area contributed by atoms with E-state index in [1.807, 2.05) is 0 Å². The molecule has 3 rings (SSSR count). The molecule has 1 heterocycles. The molecule has 0 radical (unpaired) electrons. The van der Waals surface area contributed by atoms with E-state index in [9.17, 15) is 8.42 Å². The highest BCUT2D eigenvalue weighted by Gasteiger charge is 2.21. The molecule has 1 saturated carbocycles. The first-order valence-electron chi connectivity index (χ1n) is 7.16. The normalized spacial score (nSPS) is 17.0. The highest BCUT2D eigenvalue weighted by atomic mass is 32.2. The zero-order chi connectivity index (χ0) is 14.7. The SMILES string of the molecule is O=S(=O)(NC1CCCCC1)c1ccc(-c2cocn2)cc1. The van der Waals surface area contributed by atoms with Gasteiger partial charge in [-0.15, -0.1) is 0 Å². The Kier molecular flexibility index (Phi) is 4.07. The zero-order valence-electron chi connectivity index (χ0n) is 11.7. The molecule has 2 aromatic rings. The second-order valence-electron chi connectivity index (χ2n) is 5.35. The molecular weight excluding hydrogens is 288 g/mol. The molecule has 1 aromatic carbocycles. The largest absolute Gasteiger partial charge is 0.451 e. The van der Waals surface area contributed by atoms with Crippen LogP contribution in [-0.4, -0.2) is 19.4 Å². The van der Waals surface area contributed by atoms with Crippen LogP contribution >= 0.6 is 0 Å². The van der Waals surface area contributed by atoms with E-state index in [1.54, 1.807) is 24.3 Å². The Morgan fingerprint density at radius 1 is 1.10 bits per heavy atom. The smallest absolute Gasteiger partial charge is 0.240 e. The van der Waals surface area contributed by atoms with Gasteiger partial charge in [-0.25, -0.2) is 18.1 Å². The number of oxazole rings is 1. The average Bonchev–Trinajstić information content (AvgIpc) is 3.02. The van der Waals surface area contributed by atoms with Gasteiger partial charge in [0.2, 0.25) is 10.0 Å². The first kappa shape index (κ1) is 14.3. The molecule has 0 aliphatic heterocycles. The molecule has 1 N–H and O–H groups in total. The van der Waals surface area contributed by atoms with Gasteiger partial charge < -0.3 is 4.42 Å². The van der Waals surface area contributed by atoms with Crippen LogP contribution in [-0.2, 0) is 10.0 Å². The van der Waals surface area contributed by atoms with Gasteiger partial charge in [0.1, 0.15) is 12.0 Å². The molecule has 112 valence electrons. The van der Waals surface area contributed by atoms with Crippen LogP contribution in [0.2, 0.25) is 0 Å². The molecule has 6 heteroatoms. The molecule has 0 spiro atoms. The summed E-state index contributed by atoms with van der Waals surface area (Å²) in [5, 5.41) is 0. The predicted molar refractivity (Wildman–Crippen MR) is 79.1 cm³/mol. The fourth-order valence-electron chi connectivity index (χ4n) is 2.67. The Bertz CT molecular complexity index is 672. The summed E-state index contributed by atoms with van der Waals surface area (Å²) in [6.45, 7) is 0. The number of hydrogen-bond acceptors (Lipinski definition) is 4. The molecule has 0 unspecified atom stereocenters. The van der Waals surface area contributed by atoms with Gasteiger partial charge >= 0.3 is 0 Å². The fourth-order valence-corrected chi connectivity index (χ4v) is 3.97. The lowest BCUT2D eigenvalue weighted by molar-refractivity contribution is 0.412. The van der Waals surface area contributed by atoms with Crippen LogP contribution in [0.5, 0.6) is 0 Å². The molecule has 0 amide bonds. The van der Waals surface area contributed by atoms with Crippen molar-refractivity contribution in [2.24, 2.45) is 0 Å². The van der Waals surface area contributed by atoms with Crippen molar-refractivity contribution >= 4 is 10.0 Å². The van der Waals surface area contributed by atoms with E-state index < -0.39 is 10.0 Å². The van der Waals surface area contributed by atoms with Crippen molar-refractivity contribution in [1.82, 2.24) is 9.71 Å². The Balaban J connectivity index is 1.76. The highest BCUT2D eigenvalue weighted by molar-refractivity contribution is 7.89. The Hall–Kier alpha value is -1.66.